The van der Waals surface area contributed by atoms with E-state index in [0.717, 1.165) is 12.8 Å². The first-order valence-electron chi connectivity index (χ1n) is 5.49. The number of carbonyl (C=O) groups excluding carboxylic acids is 1. The van der Waals surface area contributed by atoms with Gasteiger partial charge in [-0.1, -0.05) is 26.0 Å². The van der Waals surface area contributed by atoms with Crippen LogP contribution in [-0.2, 0) is 0 Å². The Bertz CT molecular complexity index is 351. The molecule has 0 bridgehead atoms. The lowest BCUT2D eigenvalue weighted by molar-refractivity contribution is 0.247. The van der Waals surface area contributed by atoms with E-state index >= 15 is 0 Å². The first kappa shape index (κ1) is 12.5. The summed E-state index contributed by atoms with van der Waals surface area (Å²) in [6.45, 7) is 4.00. The molecule has 2 N–H and O–H groups in total. The summed E-state index contributed by atoms with van der Waals surface area (Å²) in [5, 5.41) is 5.26. The largest absolute Gasteiger partial charge is 0.335 e. The van der Waals surface area contributed by atoms with Crippen molar-refractivity contribution >= 4 is 11.7 Å². The molecule has 0 fully saturated rings. The Morgan fingerprint density at radius 2 is 1.94 bits per heavy atom. The second-order valence-corrected chi connectivity index (χ2v) is 3.59. The lowest BCUT2D eigenvalue weighted by Crippen LogP contribution is -2.37. The number of carbonyl (C=O) groups is 1. The van der Waals surface area contributed by atoms with E-state index in [4.69, 9.17) is 0 Å². The summed E-state index contributed by atoms with van der Waals surface area (Å²) in [6, 6.07) is 5.87. The number of benzene rings is 1. The van der Waals surface area contributed by atoms with E-state index in [9.17, 15) is 9.18 Å². The molecule has 1 rings (SSSR count). The zero-order valence-electron chi connectivity index (χ0n) is 9.59. The van der Waals surface area contributed by atoms with Crippen LogP contribution in [0.5, 0.6) is 0 Å². The van der Waals surface area contributed by atoms with E-state index in [-0.39, 0.29) is 17.8 Å². The molecule has 1 aromatic rings. The molecule has 0 radical (unpaired) electrons. The fourth-order valence-corrected chi connectivity index (χ4v) is 1.40. The van der Waals surface area contributed by atoms with Gasteiger partial charge < -0.3 is 10.6 Å². The molecular formula is C12H17FN2O. The highest BCUT2D eigenvalue weighted by Gasteiger charge is 2.09. The summed E-state index contributed by atoms with van der Waals surface area (Å²) in [4.78, 5) is 11.5. The standard InChI is InChI=1S/C12H17FN2O/c1-3-9(4-2)14-12(16)15-11-8-6-5-7-10(11)13/h5-9H,3-4H2,1-2H3,(H2,14,15,16). The highest BCUT2D eigenvalue weighted by molar-refractivity contribution is 5.89. The number of para-hydroxylation sites is 1. The number of urea groups is 1. The number of nitrogens with one attached hydrogen (secondary N) is 2. The number of hydrogen-bond acceptors (Lipinski definition) is 1. The maximum Gasteiger partial charge on any atom is 0.319 e. The van der Waals surface area contributed by atoms with Crippen LogP contribution >= 0.6 is 0 Å². The average Bonchev–Trinajstić information content (AvgIpc) is 2.29. The van der Waals surface area contributed by atoms with Crippen LogP contribution in [-0.4, -0.2) is 12.1 Å². The van der Waals surface area contributed by atoms with Crippen molar-refractivity contribution < 1.29 is 9.18 Å². The van der Waals surface area contributed by atoms with Gasteiger partial charge in [0, 0.05) is 6.04 Å². The summed E-state index contributed by atoms with van der Waals surface area (Å²) >= 11 is 0. The fourth-order valence-electron chi connectivity index (χ4n) is 1.40. The number of anilines is 1. The molecule has 2 amide bonds. The molecule has 0 aliphatic heterocycles. The lowest BCUT2D eigenvalue weighted by Gasteiger charge is -2.15. The molecule has 0 aromatic heterocycles. The normalized spacial score (nSPS) is 10.2. The van der Waals surface area contributed by atoms with Crippen LogP contribution in [0.4, 0.5) is 14.9 Å². The Balaban J connectivity index is 2.55. The molecule has 0 atom stereocenters. The topological polar surface area (TPSA) is 41.1 Å². The highest BCUT2D eigenvalue weighted by atomic mass is 19.1. The zero-order chi connectivity index (χ0) is 12.0. The molecule has 0 spiro atoms. The van der Waals surface area contributed by atoms with Gasteiger partial charge in [-0.25, -0.2) is 9.18 Å². The van der Waals surface area contributed by atoms with Gasteiger partial charge in [0.15, 0.2) is 0 Å². The number of halogens is 1. The Kier molecular flexibility index (Phi) is 4.76. The first-order valence-corrected chi connectivity index (χ1v) is 5.49. The van der Waals surface area contributed by atoms with Gasteiger partial charge in [-0.3, -0.25) is 0 Å². The van der Waals surface area contributed by atoms with Crippen molar-refractivity contribution in [2.45, 2.75) is 32.7 Å². The van der Waals surface area contributed by atoms with Crippen LogP contribution in [0.1, 0.15) is 26.7 Å². The predicted molar refractivity (Wildman–Crippen MR) is 62.9 cm³/mol. The molecule has 16 heavy (non-hydrogen) atoms. The SMILES string of the molecule is CCC(CC)NC(=O)Nc1ccccc1F. The van der Waals surface area contributed by atoms with Gasteiger partial charge >= 0.3 is 6.03 Å². The minimum atomic E-state index is -0.429. The summed E-state index contributed by atoms with van der Waals surface area (Å²) in [6.07, 6.45) is 1.72. The van der Waals surface area contributed by atoms with Gasteiger partial charge in [-0.15, -0.1) is 0 Å². The molecule has 0 saturated carbocycles. The van der Waals surface area contributed by atoms with Crippen LogP contribution in [0.3, 0.4) is 0 Å². The Morgan fingerprint density at radius 1 is 1.31 bits per heavy atom. The molecule has 4 heteroatoms. The van der Waals surface area contributed by atoms with Gasteiger partial charge in [0.2, 0.25) is 0 Å². The van der Waals surface area contributed by atoms with E-state index in [1.165, 1.54) is 12.1 Å². The predicted octanol–water partition coefficient (Wildman–Crippen LogP) is 3.14. The van der Waals surface area contributed by atoms with Crippen molar-refractivity contribution in [2.24, 2.45) is 0 Å². The molecule has 0 aliphatic rings. The summed E-state index contributed by atoms with van der Waals surface area (Å²) in [5.41, 5.74) is 0.200. The molecule has 0 heterocycles. The number of hydrogen-bond donors (Lipinski definition) is 2. The highest BCUT2D eigenvalue weighted by Crippen LogP contribution is 2.12. The van der Waals surface area contributed by atoms with Crippen LogP contribution in [0.15, 0.2) is 24.3 Å². The molecule has 0 aliphatic carbocycles. The third-order valence-corrected chi connectivity index (χ3v) is 2.44. The minimum absolute atomic E-state index is 0.131. The minimum Gasteiger partial charge on any atom is -0.335 e. The van der Waals surface area contributed by atoms with Crippen LogP contribution in [0, 0.1) is 5.82 Å². The molecule has 88 valence electrons. The second-order valence-electron chi connectivity index (χ2n) is 3.59. The molecule has 0 unspecified atom stereocenters. The van der Waals surface area contributed by atoms with Crippen LogP contribution < -0.4 is 10.6 Å². The van der Waals surface area contributed by atoms with Gasteiger partial charge in [0.25, 0.3) is 0 Å². The lowest BCUT2D eigenvalue weighted by atomic mass is 10.2. The first-order chi connectivity index (χ1) is 7.67. The molecule has 3 nitrogen and oxygen atoms in total. The van der Waals surface area contributed by atoms with E-state index < -0.39 is 5.82 Å². The fraction of sp³-hybridized carbons (Fsp3) is 0.417. The summed E-state index contributed by atoms with van der Waals surface area (Å²) < 4.78 is 13.2. The van der Waals surface area contributed by atoms with E-state index in [0.29, 0.717) is 0 Å². The number of amides is 2. The molecular weight excluding hydrogens is 207 g/mol. The van der Waals surface area contributed by atoms with Crippen molar-refractivity contribution in [1.29, 1.82) is 0 Å². The summed E-state index contributed by atoms with van der Waals surface area (Å²) in [5.74, 6) is -0.429. The van der Waals surface area contributed by atoms with Gasteiger partial charge in [-0.05, 0) is 25.0 Å². The average molecular weight is 224 g/mol. The number of rotatable bonds is 4. The maximum atomic E-state index is 13.2. The van der Waals surface area contributed by atoms with Crippen LogP contribution in [0.25, 0.3) is 0 Å². The van der Waals surface area contributed by atoms with E-state index in [2.05, 4.69) is 10.6 Å². The summed E-state index contributed by atoms with van der Waals surface area (Å²) in [7, 11) is 0. The van der Waals surface area contributed by atoms with Gasteiger partial charge in [0.05, 0.1) is 5.69 Å². The van der Waals surface area contributed by atoms with Crippen molar-refractivity contribution in [1.82, 2.24) is 5.32 Å². The van der Waals surface area contributed by atoms with Gasteiger partial charge in [-0.2, -0.15) is 0 Å². The monoisotopic (exact) mass is 224 g/mol. The quantitative estimate of drug-likeness (QED) is 0.810. The maximum absolute atomic E-state index is 13.2. The third kappa shape index (κ3) is 3.53. The Hall–Kier alpha value is -1.58. The Morgan fingerprint density at radius 3 is 2.50 bits per heavy atom. The van der Waals surface area contributed by atoms with Crippen molar-refractivity contribution in [3.63, 3.8) is 0 Å². The van der Waals surface area contributed by atoms with Crippen molar-refractivity contribution in [2.75, 3.05) is 5.32 Å². The molecule has 1 aromatic carbocycles. The molecule has 0 saturated heterocycles. The van der Waals surface area contributed by atoms with E-state index in [1.54, 1.807) is 12.1 Å². The Labute approximate surface area is 95.0 Å². The van der Waals surface area contributed by atoms with Crippen molar-refractivity contribution in [3.05, 3.63) is 30.1 Å². The van der Waals surface area contributed by atoms with Crippen LogP contribution in [0.2, 0.25) is 0 Å². The van der Waals surface area contributed by atoms with Gasteiger partial charge in [0.1, 0.15) is 5.82 Å². The third-order valence-electron chi connectivity index (χ3n) is 2.44. The van der Waals surface area contributed by atoms with Crippen molar-refractivity contribution in [3.8, 4) is 0 Å². The smallest absolute Gasteiger partial charge is 0.319 e. The second kappa shape index (κ2) is 6.10. The van der Waals surface area contributed by atoms with E-state index in [1.807, 2.05) is 13.8 Å². The zero-order valence-corrected chi connectivity index (χ0v) is 9.59.